The van der Waals surface area contributed by atoms with Crippen molar-refractivity contribution in [3.63, 3.8) is 0 Å². The van der Waals surface area contributed by atoms with Gasteiger partial charge in [0, 0.05) is 19.3 Å². The van der Waals surface area contributed by atoms with Crippen molar-refractivity contribution in [1.29, 1.82) is 0 Å². The summed E-state index contributed by atoms with van der Waals surface area (Å²) in [5.41, 5.74) is 1.77. The maximum absolute atomic E-state index is 5.29. The van der Waals surface area contributed by atoms with E-state index in [9.17, 15) is 0 Å². The molecule has 18 heavy (non-hydrogen) atoms. The van der Waals surface area contributed by atoms with Crippen molar-refractivity contribution in [1.82, 2.24) is 25.3 Å². The first kappa shape index (κ1) is 11.8. The molecule has 1 aliphatic heterocycles. The van der Waals surface area contributed by atoms with E-state index in [0.717, 1.165) is 44.0 Å². The standard InChI is InChI=1S/C11H15N5OS/c1-2-12-3-5-16(4-1)7-10-14-11(15-17-10)9-6-13-8-18-9/h6,8,12H,1-5,7H2. The lowest BCUT2D eigenvalue weighted by atomic mass is 10.4. The lowest BCUT2D eigenvalue weighted by molar-refractivity contribution is 0.239. The van der Waals surface area contributed by atoms with Crippen LogP contribution in [0.1, 0.15) is 12.3 Å². The average molecular weight is 265 g/mol. The first-order valence-corrected chi connectivity index (χ1v) is 6.94. The molecule has 1 N–H and O–H groups in total. The molecular formula is C11H15N5OS. The van der Waals surface area contributed by atoms with E-state index in [0.29, 0.717) is 11.7 Å². The van der Waals surface area contributed by atoms with Gasteiger partial charge in [-0.3, -0.25) is 9.88 Å². The van der Waals surface area contributed by atoms with Crippen LogP contribution in [0.25, 0.3) is 10.7 Å². The lowest BCUT2D eigenvalue weighted by Gasteiger charge is -2.16. The predicted octanol–water partition coefficient (Wildman–Crippen LogP) is 0.988. The van der Waals surface area contributed by atoms with Gasteiger partial charge in [-0.25, -0.2) is 0 Å². The van der Waals surface area contributed by atoms with Gasteiger partial charge >= 0.3 is 0 Å². The Kier molecular flexibility index (Phi) is 3.63. The Balaban J connectivity index is 1.66. The lowest BCUT2D eigenvalue weighted by Crippen LogP contribution is -2.27. The van der Waals surface area contributed by atoms with Gasteiger partial charge in [-0.2, -0.15) is 4.98 Å². The quantitative estimate of drug-likeness (QED) is 0.892. The van der Waals surface area contributed by atoms with Gasteiger partial charge in [0.25, 0.3) is 0 Å². The summed E-state index contributed by atoms with van der Waals surface area (Å²) >= 11 is 1.52. The van der Waals surface area contributed by atoms with Gasteiger partial charge in [0.2, 0.25) is 11.7 Å². The molecule has 0 aliphatic carbocycles. The van der Waals surface area contributed by atoms with E-state index in [2.05, 4.69) is 25.3 Å². The molecule has 0 radical (unpaired) electrons. The van der Waals surface area contributed by atoms with E-state index in [-0.39, 0.29) is 0 Å². The summed E-state index contributed by atoms with van der Waals surface area (Å²) in [4.78, 5) is 11.7. The zero-order valence-corrected chi connectivity index (χ0v) is 10.8. The third-order valence-corrected chi connectivity index (χ3v) is 3.68. The fourth-order valence-corrected chi connectivity index (χ4v) is 2.54. The number of hydrogen-bond donors (Lipinski definition) is 1. The molecule has 0 saturated carbocycles. The number of thiazole rings is 1. The van der Waals surface area contributed by atoms with Crippen LogP contribution >= 0.6 is 11.3 Å². The highest BCUT2D eigenvalue weighted by molar-refractivity contribution is 7.13. The van der Waals surface area contributed by atoms with Crippen LogP contribution < -0.4 is 5.32 Å². The predicted molar refractivity (Wildman–Crippen MR) is 68.2 cm³/mol. The molecule has 0 aromatic carbocycles. The molecule has 2 aromatic heterocycles. The number of hydrogen-bond acceptors (Lipinski definition) is 7. The molecule has 0 atom stereocenters. The summed E-state index contributed by atoms with van der Waals surface area (Å²) in [5, 5.41) is 7.37. The van der Waals surface area contributed by atoms with E-state index in [1.165, 1.54) is 11.3 Å². The first-order valence-electron chi connectivity index (χ1n) is 6.06. The van der Waals surface area contributed by atoms with Crippen LogP contribution in [-0.4, -0.2) is 46.2 Å². The van der Waals surface area contributed by atoms with Crippen LogP contribution in [0.15, 0.2) is 16.2 Å². The van der Waals surface area contributed by atoms with Gasteiger partial charge in [0.05, 0.1) is 16.9 Å². The molecule has 0 bridgehead atoms. The molecule has 6 nitrogen and oxygen atoms in total. The minimum Gasteiger partial charge on any atom is -0.338 e. The van der Waals surface area contributed by atoms with Crippen molar-refractivity contribution < 1.29 is 4.52 Å². The molecule has 2 aromatic rings. The molecule has 1 saturated heterocycles. The molecule has 1 fully saturated rings. The smallest absolute Gasteiger partial charge is 0.241 e. The van der Waals surface area contributed by atoms with Crippen molar-refractivity contribution in [2.24, 2.45) is 0 Å². The van der Waals surface area contributed by atoms with Gasteiger partial charge in [-0.15, -0.1) is 11.3 Å². The van der Waals surface area contributed by atoms with Crippen LogP contribution in [0, 0.1) is 0 Å². The van der Waals surface area contributed by atoms with E-state index in [4.69, 9.17) is 4.52 Å². The SMILES string of the molecule is c1ncc(-c2noc(CN3CCCNCC3)n2)s1. The molecule has 1 aliphatic rings. The summed E-state index contributed by atoms with van der Waals surface area (Å²) in [6.45, 7) is 4.94. The van der Waals surface area contributed by atoms with Crippen LogP contribution in [0.4, 0.5) is 0 Å². The maximum atomic E-state index is 5.29. The number of aromatic nitrogens is 3. The maximum Gasteiger partial charge on any atom is 0.241 e. The number of nitrogens with zero attached hydrogens (tertiary/aromatic N) is 4. The Morgan fingerprint density at radius 1 is 1.39 bits per heavy atom. The summed E-state index contributed by atoms with van der Waals surface area (Å²) in [6, 6.07) is 0. The Hall–Kier alpha value is -1.31. The Morgan fingerprint density at radius 3 is 3.28 bits per heavy atom. The minimum atomic E-state index is 0.639. The second-order valence-electron chi connectivity index (χ2n) is 4.26. The van der Waals surface area contributed by atoms with Crippen LogP contribution in [-0.2, 0) is 6.54 Å². The van der Waals surface area contributed by atoms with Crippen molar-refractivity contribution in [3.8, 4) is 10.7 Å². The van der Waals surface area contributed by atoms with E-state index in [1.54, 1.807) is 11.7 Å². The van der Waals surface area contributed by atoms with Crippen molar-refractivity contribution >= 4 is 11.3 Å². The molecule has 7 heteroatoms. The van der Waals surface area contributed by atoms with Gasteiger partial charge in [-0.1, -0.05) is 5.16 Å². The Bertz CT molecular complexity index is 475. The fourth-order valence-electron chi connectivity index (χ4n) is 2.00. The average Bonchev–Trinajstić information content (AvgIpc) is 2.98. The van der Waals surface area contributed by atoms with Gasteiger partial charge in [0.1, 0.15) is 0 Å². The molecular weight excluding hydrogens is 250 g/mol. The van der Waals surface area contributed by atoms with Gasteiger partial charge < -0.3 is 9.84 Å². The van der Waals surface area contributed by atoms with Crippen LogP contribution in [0.5, 0.6) is 0 Å². The molecule has 3 rings (SSSR count). The second kappa shape index (κ2) is 5.55. The number of nitrogens with one attached hydrogen (secondary N) is 1. The zero-order chi connectivity index (χ0) is 12.2. The summed E-state index contributed by atoms with van der Waals surface area (Å²) in [6.07, 6.45) is 2.92. The van der Waals surface area contributed by atoms with Gasteiger partial charge in [0.15, 0.2) is 0 Å². The van der Waals surface area contributed by atoms with Crippen molar-refractivity contribution in [3.05, 3.63) is 17.6 Å². The van der Waals surface area contributed by atoms with E-state index in [1.807, 2.05) is 0 Å². The third kappa shape index (κ3) is 2.74. The van der Waals surface area contributed by atoms with Crippen LogP contribution in [0.2, 0.25) is 0 Å². The van der Waals surface area contributed by atoms with Crippen molar-refractivity contribution in [2.45, 2.75) is 13.0 Å². The second-order valence-corrected chi connectivity index (χ2v) is 5.14. The van der Waals surface area contributed by atoms with Crippen molar-refractivity contribution in [2.75, 3.05) is 26.2 Å². The highest BCUT2D eigenvalue weighted by atomic mass is 32.1. The highest BCUT2D eigenvalue weighted by Gasteiger charge is 2.14. The number of rotatable bonds is 3. The molecule has 0 unspecified atom stereocenters. The van der Waals surface area contributed by atoms with Crippen LogP contribution in [0.3, 0.4) is 0 Å². The first-order chi connectivity index (χ1) is 8.92. The largest absolute Gasteiger partial charge is 0.338 e. The summed E-state index contributed by atoms with van der Waals surface area (Å²) in [7, 11) is 0. The summed E-state index contributed by atoms with van der Waals surface area (Å²) < 4.78 is 5.29. The molecule has 0 amide bonds. The van der Waals surface area contributed by atoms with Gasteiger partial charge in [-0.05, 0) is 19.5 Å². The summed E-state index contributed by atoms with van der Waals surface area (Å²) in [5.74, 6) is 1.32. The topological polar surface area (TPSA) is 67.1 Å². The van der Waals surface area contributed by atoms with E-state index < -0.39 is 0 Å². The Labute approximate surface area is 109 Å². The van der Waals surface area contributed by atoms with E-state index >= 15 is 0 Å². The minimum absolute atomic E-state index is 0.639. The Morgan fingerprint density at radius 2 is 2.39 bits per heavy atom. The molecule has 96 valence electrons. The highest BCUT2D eigenvalue weighted by Crippen LogP contribution is 2.19. The third-order valence-electron chi connectivity index (χ3n) is 2.91. The molecule has 3 heterocycles. The monoisotopic (exact) mass is 265 g/mol. The zero-order valence-electron chi connectivity index (χ0n) is 10.0. The fraction of sp³-hybridized carbons (Fsp3) is 0.545. The molecule has 0 spiro atoms. The normalized spacial score (nSPS) is 17.8.